The van der Waals surface area contributed by atoms with E-state index in [0.717, 1.165) is 29.5 Å². The third-order valence-corrected chi connectivity index (χ3v) is 8.09. The van der Waals surface area contributed by atoms with E-state index in [1.54, 1.807) is 35.2 Å². The van der Waals surface area contributed by atoms with E-state index < -0.39 is 6.04 Å². The molecule has 0 saturated heterocycles. The molecule has 38 heavy (non-hydrogen) atoms. The highest BCUT2D eigenvalue weighted by molar-refractivity contribution is 7.99. The first-order valence-electron chi connectivity index (χ1n) is 12.3. The molecule has 0 aliphatic rings. The first kappa shape index (κ1) is 30.6. The number of rotatable bonds is 13. The van der Waals surface area contributed by atoms with Crippen LogP contribution in [0.25, 0.3) is 0 Å². The van der Waals surface area contributed by atoms with Crippen LogP contribution in [0.1, 0.15) is 36.5 Å². The minimum atomic E-state index is -0.715. The Balaban J connectivity index is 1.86. The zero-order valence-electron chi connectivity index (χ0n) is 21.1. The van der Waals surface area contributed by atoms with Crippen molar-refractivity contribution in [2.75, 3.05) is 12.3 Å². The number of thioether (sulfide) groups is 1. The standard InChI is InChI=1S/C29H30Cl4N2O2S/c1-2-3-13-34-29(37)27(14-20-7-5-4-6-8-20)35(17-21-9-11-23(30)15-25(21)32)28(36)19-38-18-22-10-12-24(31)16-26(22)33/h4-12,15-16,27H,2-3,13-14,17-19H2,1H3,(H,34,37)/t27-/m0/s1. The second kappa shape index (κ2) is 15.6. The third kappa shape index (κ3) is 9.39. The van der Waals surface area contributed by atoms with Gasteiger partial charge in [-0.25, -0.2) is 0 Å². The monoisotopic (exact) mass is 610 g/mol. The molecule has 0 radical (unpaired) electrons. The highest BCUT2D eigenvalue weighted by atomic mass is 35.5. The topological polar surface area (TPSA) is 49.4 Å². The SMILES string of the molecule is CCCCNC(=O)[C@H](Cc1ccccc1)N(Cc1ccc(Cl)cc1Cl)C(=O)CSCc1ccc(Cl)cc1Cl. The van der Waals surface area contributed by atoms with Gasteiger partial charge in [0.25, 0.3) is 0 Å². The van der Waals surface area contributed by atoms with E-state index in [9.17, 15) is 9.59 Å². The molecule has 0 bridgehead atoms. The van der Waals surface area contributed by atoms with Gasteiger partial charge in [0.2, 0.25) is 11.8 Å². The van der Waals surface area contributed by atoms with Crippen LogP contribution in [0, 0.1) is 0 Å². The van der Waals surface area contributed by atoms with Crippen molar-refractivity contribution in [2.24, 2.45) is 0 Å². The molecule has 1 N–H and O–H groups in total. The summed E-state index contributed by atoms with van der Waals surface area (Å²) < 4.78 is 0. The summed E-state index contributed by atoms with van der Waals surface area (Å²) in [5.41, 5.74) is 2.57. The van der Waals surface area contributed by atoms with Crippen LogP contribution in [0.5, 0.6) is 0 Å². The van der Waals surface area contributed by atoms with Crippen LogP contribution in [0.3, 0.4) is 0 Å². The minimum Gasteiger partial charge on any atom is -0.354 e. The number of amides is 2. The molecule has 4 nitrogen and oxygen atoms in total. The van der Waals surface area contributed by atoms with Crippen molar-refractivity contribution in [1.29, 1.82) is 0 Å². The molecular weight excluding hydrogens is 582 g/mol. The van der Waals surface area contributed by atoms with Crippen molar-refractivity contribution in [3.05, 3.63) is 104 Å². The second-order valence-electron chi connectivity index (χ2n) is 8.84. The normalized spacial score (nSPS) is 11.7. The highest BCUT2D eigenvalue weighted by Crippen LogP contribution is 2.27. The van der Waals surface area contributed by atoms with Gasteiger partial charge in [-0.1, -0.05) is 102 Å². The molecule has 0 aliphatic heterocycles. The van der Waals surface area contributed by atoms with Crippen LogP contribution >= 0.6 is 58.2 Å². The van der Waals surface area contributed by atoms with Crippen molar-refractivity contribution in [1.82, 2.24) is 10.2 Å². The number of carbonyl (C=O) groups excluding carboxylic acids is 2. The number of unbranched alkanes of at least 4 members (excludes halogenated alkanes) is 1. The number of hydrogen-bond acceptors (Lipinski definition) is 3. The van der Waals surface area contributed by atoms with Gasteiger partial charge < -0.3 is 10.2 Å². The average Bonchev–Trinajstić information content (AvgIpc) is 2.89. The molecule has 0 spiro atoms. The minimum absolute atomic E-state index is 0.164. The highest BCUT2D eigenvalue weighted by Gasteiger charge is 2.30. The van der Waals surface area contributed by atoms with Crippen LogP contribution < -0.4 is 5.32 Å². The van der Waals surface area contributed by atoms with Crippen molar-refractivity contribution in [3.8, 4) is 0 Å². The first-order chi connectivity index (χ1) is 18.3. The lowest BCUT2D eigenvalue weighted by Gasteiger charge is -2.32. The van der Waals surface area contributed by atoms with E-state index in [1.807, 2.05) is 36.4 Å². The van der Waals surface area contributed by atoms with E-state index in [2.05, 4.69) is 12.2 Å². The van der Waals surface area contributed by atoms with Gasteiger partial charge in [0.05, 0.1) is 5.75 Å². The molecule has 0 heterocycles. The summed E-state index contributed by atoms with van der Waals surface area (Å²) in [5, 5.41) is 5.08. The van der Waals surface area contributed by atoms with Crippen molar-refractivity contribution >= 4 is 70.0 Å². The number of nitrogens with one attached hydrogen (secondary N) is 1. The fourth-order valence-electron chi connectivity index (χ4n) is 3.86. The quantitative estimate of drug-likeness (QED) is 0.199. The average molecular weight is 612 g/mol. The lowest BCUT2D eigenvalue weighted by molar-refractivity contribution is -0.139. The Morgan fingerprint density at radius 2 is 1.53 bits per heavy atom. The summed E-state index contributed by atoms with van der Waals surface area (Å²) in [6.45, 7) is 2.79. The van der Waals surface area contributed by atoms with E-state index >= 15 is 0 Å². The molecule has 0 aromatic heterocycles. The maximum absolute atomic E-state index is 13.7. The van der Waals surface area contributed by atoms with E-state index in [-0.39, 0.29) is 24.1 Å². The van der Waals surface area contributed by atoms with Crippen LogP contribution in [0.4, 0.5) is 0 Å². The number of nitrogens with zero attached hydrogens (tertiary/aromatic N) is 1. The number of halogens is 4. The molecule has 3 rings (SSSR count). The maximum atomic E-state index is 13.7. The molecule has 202 valence electrons. The van der Waals surface area contributed by atoms with Gasteiger partial charge >= 0.3 is 0 Å². The maximum Gasteiger partial charge on any atom is 0.243 e. The van der Waals surface area contributed by atoms with Crippen molar-refractivity contribution < 1.29 is 9.59 Å². The van der Waals surface area contributed by atoms with Crippen LogP contribution in [-0.4, -0.2) is 35.1 Å². The lowest BCUT2D eigenvalue weighted by Crippen LogP contribution is -2.51. The molecule has 0 unspecified atom stereocenters. The lowest BCUT2D eigenvalue weighted by atomic mass is 10.0. The van der Waals surface area contributed by atoms with Crippen molar-refractivity contribution in [3.63, 3.8) is 0 Å². The van der Waals surface area contributed by atoms with Crippen LogP contribution in [0.15, 0.2) is 66.7 Å². The first-order valence-corrected chi connectivity index (χ1v) is 15.0. The number of benzene rings is 3. The van der Waals surface area contributed by atoms with E-state index in [4.69, 9.17) is 46.4 Å². The predicted octanol–water partition coefficient (Wildman–Crippen LogP) is 8.09. The Morgan fingerprint density at radius 1 is 0.895 bits per heavy atom. The second-order valence-corrected chi connectivity index (χ2v) is 11.5. The van der Waals surface area contributed by atoms with E-state index in [0.29, 0.717) is 38.8 Å². The van der Waals surface area contributed by atoms with Gasteiger partial charge in [-0.05, 0) is 47.4 Å². The molecule has 3 aromatic carbocycles. The summed E-state index contributed by atoms with van der Waals surface area (Å²) >= 11 is 26.3. The van der Waals surface area contributed by atoms with Crippen LogP contribution in [0.2, 0.25) is 20.1 Å². The largest absolute Gasteiger partial charge is 0.354 e. The molecule has 3 aromatic rings. The van der Waals surface area contributed by atoms with Gasteiger partial charge in [0.1, 0.15) is 6.04 Å². The molecule has 1 atom stereocenters. The van der Waals surface area contributed by atoms with Gasteiger partial charge in [-0.2, -0.15) is 0 Å². The fraction of sp³-hybridized carbons (Fsp3) is 0.310. The van der Waals surface area contributed by atoms with Gasteiger partial charge in [0, 0.05) is 45.4 Å². The fourth-order valence-corrected chi connectivity index (χ4v) is 5.80. The molecule has 0 fully saturated rings. The summed E-state index contributed by atoms with van der Waals surface area (Å²) in [5.74, 6) is 0.338. The van der Waals surface area contributed by atoms with Crippen molar-refractivity contribution in [2.45, 2.75) is 44.5 Å². The van der Waals surface area contributed by atoms with E-state index in [1.165, 1.54) is 11.8 Å². The van der Waals surface area contributed by atoms with Crippen LogP contribution in [-0.2, 0) is 28.3 Å². The Bertz CT molecular complexity index is 1230. The zero-order valence-corrected chi connectivity index (χ0v) is 24.9. The molecule has 0 saturated carbocycles. The molecule has 0 aliphatic carbocycles. The third-order valence-electron chi connectivity index (χ3n) is 5.95. The number of carbonyl (C=O) groups is 2. The summed E-state index contributed by atoms with van der Waals surface area (Å²) in [6.07, 6.45) is 2.19. The van der Waals surface area contributed by atoms with Gasteiger partial charge in [-0.15, -0.1) is 11.8 Å². The van der Waals surface area contributed by atoms with Gasteiger partial charge in [0.15, 0.2) is 0 Å². The Kier molecular flexibility index (Phi) is 12.6. The molecule has 9 heteroatoms. The predicted molar refractivity (Wildman–Crippen MR) is 161 cm³/mol. The summed E-state index contributed by atoms with van der Waals surface area (Å²) in [6, 6.07) is 19.5. The smallest absolute Gasteiger partial charge is 0.243 e. The summed E-state index contributed by atoms with van der Waals surface area (Å²) in [4.78, 5) is 28.8. The Hall–Kier alpha value is -1.89. The zero-order chi connectivity index (χ0) is 27.5. The summed E-state index contributed by atoms with van der Waals surface area (Å²) in [7, 11) is 0. The Morgan fingerprint density at radius 3 is 2.13 bits per heavy atom. The van der Waals surface area contributed by atoms with Gasteiger partial charge in [-0.3, -0.25) is 9.59 Å². The number of hydrogen-bond donors (Lipinski definition) is 1. The molecule has 2 amide bonds. The Labute approximate surface area is 249 Å². The molecular formula is C29H30Cl4N2O2S.